The molecule has 1 atom stereocenters. The van der Waals surface area contributed by atoms with Crippen LogP contribution in [0.15, 0.2) is 103 Å². The van der Waals surface area contributed by atoms with Crippen LogP contribution in [-0.4, -0.2) is 15.5 Å². The van der Waals surface area contributed by atoms with Gasteiger partial charge in [-0.1, -0.05) is 54.6 Å². The van der Waals surface area contributed by atoms with Crippen molar-refractivity contribution in [2.45, 2.75) is 26.1 Å². The first-order chi connectivity index (χ1) is 17.2. The highest BCUT2D eigenvalue weighted by molar-refractivity contribution is 5.98. The van der Waals surface area contributed by atoms with E-state index >= 15 is 0 Å². The number of ether oxygens (including phenoxy) is 1. The minimum absolute atomic E-state index is 0.377. The molecule has 1 aliphatic heterocycles. The number of carbonyl (C=O) groups excluding carboxylic acids is 1. The summed E-state index contributed by atoms with van der Waals surface area (Å²) in [5, 5.41) is 1.04. The largest absolute Gasteiger partial charge is 0.424 e. The number of carbonyl (C=O) groups is 1. The molecular formula is C30H25N3O2. The van der Waals surface area contributed by atoms with Gasteiger partial charge in [0.05, 0.1) is 11.1 Å². The topological polar surface area (TPSA) is 47.4 Å². The van der Waals surface area contributed by atoms with E-state index < -0.39 is 5.72 Å². The lowest BCUT2D eigenvalue weighted by atomic mass is 9.91. The van der Waals surface area contributed by atoms with Crippen molar-refractivity contribution in [3.63, 3.8) is 0 Å². The Morgan fingerprint density at radius 2 is 1.49 bits per heavy atom. The zero-order valence-corrected chi connectivity index (χ0v) is 19.7. The number of fused-ring (bicyclic) bond motifs is 2. The van der Waals surface area contributed by atoms with Crippen molar-refractivity contribution >= 4 is 28.2 Å². The van der Waals surface area contributed by atoms with Gasteiger partial charge in [0.1, 0.15) is 5.69 Å². The Labute approximate surface area is 204 Å². The van der Waals surface area contributed by atoms with E-state index in [9.17, 15) is 4.79 Å². The Hall–Kier alpha value is -4.38. The van der Waals surface area contributed by atoms with Crippen LogP contribution in [-0.2, 0) is 17.0 Å². The van der Waals surface area contributed by atoms with Crippen molar-refractivity contribution in [1.29, 1.82) is 0 Å². The summed E-state index contributed by atoms with van der Waals surface area (Å²) in [5.74, 6) is -0.377. The maximum absolute atomic E-state index is 13.4. The van der Waals surface area contributed by atoms with E-state index in [1.165, 1.54) is 0 Å². The maximum atomic E-state index is 13.4. The molecule has 3 aromatic carbocycles. The molecule has 0 aliphatic carbocycles. The van der Waals surface area contributed by atoms with Gasteiger partial charge in [-0.2, -0.15) is 0 Å². The molecule has 6 rings (SSSR count). The monoisotopic (exact) mass is 459 g/mol. The molecule has 0 saturated heterocycles. The molecule has 0 bridgehead atoms. The number of esters is 1. The molecule has 5 nitrogen and oxygen atoms in total. The van der Waals surface area contributed by atoms with Gasteiger partial charge >= 0.3 is 5.97 Å². The molecule has 0 fully saturated rings. The molecule has 172 valence electrons. The summed E-state index contributed by atoms with van der Waals surface area (Å²) in [6, 6.07) is 32.0. The van der Waals surface area contributed by atoms with Crippen LogP contribution in [0.3, 0.4) is 0 Å². The number of para-hydroxylation sites is 3. The zero-order chi connectivity index (χ0) is 24.0. The van der Waals surface area contributed by atoms with Gasteiger partial charge in [-0.05, 0) is 56.3 Å². The van der Waals surface area contributed by atoms with Crippen molar-refractivity contribution in [3.05, 3.63) is 126 Å². The van der Waals surface area contributed by atoms with Gasteiger partial charge < -0.3 is 9.30 Å². The lowest BCUT2D eigenvalue weighted by Gasteiger charge is -2.41. The number of anilines is 2. The van der Waals surface area contributed by atoms with Gasteiger partial charge in [0, 0.05) is 40.7 Å². The number of nitrogens with zero attached hydrogens (tertiary/aromatic N) is 3. The Bertz CT molecular complexity index is 1500. The average Bonchev–Trinajstić information content (AvgIpc) is 3.36. The number of benzene rings is 3. The van der Waals surface area contributed by atoms with Crippen molar-refractivity contribution in [2.75, 3.05) is 4.90 Å². The van der Waals surface area contributed by atoms with Crippen molar-refractivity contribution in [1.82, 2.24) is 9.55 Å². The Balaban J connectivity index is 1.80. The summed E-state index contributed by atoms with van der Waals surface area (Å²) in [6.07, 6.45) is 1.73. The first kappa shape index (κ1) is 21.2. The summed E-state index contributed by atoms with van der Waals surface area (Å²) < 4.78 is 8.81. The van der Waals surface area contributed by atoms with E-state index in [1.54, 1.807) is 18.3 Å². The summed E-state index contributed by atoms with van der Waals surface area (Å²) in [5.41, 5.74) is 4.65. The first-order valence-electron chi connectivity index (χ1n) is 11.8. The molecule has 0 saturated carbocycles. The average molecular weight is 460 g/mol. The van der Waals surface area contributed by atoms with E-state index in [4.69, 9.17) is 9.72 Å². The molecule has 1 unspecified atom stereocenters. The van der Waals surface area contributed by atoms with Gasteiger partial charge in [-0.25, -0.2) is 4.79 Å². The van der Waals surface area contributed by atoms with Crippen LogP contribution in [0, 0.1) is 6.92 Å². The third-order valence-electron chi connectivity index (χ3n) is 6.82. The number of pyridine rings is 1. The van der Waals surface area contributed by atoms with E-state index in [0.29, 0.717) is 11.3 Å². The van der Waals surface area contributed by atoms with Crippen molar-refractivity contribution in [2.24, 2.45) is 0 Å². The standard InChI is InChI=1S/C30H25N3O2/c1-3-32-21(2)27(24-17-10-11-19-26(24)32)30(28-25(29(34)35-30)18-12-20-31-28)33(22-13-6-4-7-14-22)23-15-8-5-9-16-23/h4-20H,3H2,1-2H3. The second-order valence-corrected chi connectivity index (χ2v) is 8.66. The van der Waals surface area contributed by atoms with E-state index in [-0.39, 0.29) is 5.97 Å². The fraction of sp³-hybridized carbons (Fsp3) is 0.133. The minimum atomic E-state index is -1.29. The quantitative estimate of drug-likeness (QED) is 0.279. The van der Waals surface area contributed by atoms with Crippen LogP contribution < -0.4 is 4.90 Å². The van der Waals surface area contributed by atoms with Crippen LogP contribution in [0.25, 0.3) is 10.9 Å². The number of hydrogen-bond acceptors (Lipinski definition) is 4. The highest BCUT2D eigenvalue weighted by atomic mass is 16.6. The van der Waals surface area contributed by atoms with Gasteiger partial charge in [0.2, 0.25) is 0 Å². The normalized spacial score (nSPS) is 16.8. The Kier molecular flexibility index (Phi) is 4.92. The zero-order valence-electron chi connectivity index (χ0n) is 19.7. The number of hydrogen-bond donors (Lipinski definition) is 0. The molecule has 0 radical (unpaired) electrons. The first-order valence-corrected chi connectivity index (χ1v) is 11.8. The van der Waals surface area contributed by atoms with E-state index in [1.807, 2.05) is 72.8 Å². The van der Waals surface area contributed by atoms with E-state index in [0.717, 1.165) is 40.1 Å². The van der Waals surface area contributed by atoms with Crippen molar-refractivity contribution < 1.29 is 9.53 Å². The lowest BCUT2D eigenvalue weighted by Crippen LogP contribution is -2.46. The molecule has 5 heteroatoms. The Morgan fingerprint density at radius 3 is 2.14 bits per heavy atom. The number of cyclic esters (lactones) is 1. The van der Waals surface area contributed by atoms with Gasteiger partial charge in [-0.3, -0.25) is 9.88 Å². The molecule has 1 aliphatic rings. The molecule has 0 N–H and O–H groups in total. The summed E-state index contributed by atoms with van der Waals surface area (Å²) in [4.78, 5) is 20.4. The number of aromatic nitrogens is 2. The lowest BCUT2D eigenvalue weighted by molar-refractivity contribution is 0.0125. The maximum Gasteiger partial charge on any atom is 0.342 e. The second kappa shape index (κ2) is 8.13. The van der Waals surface area contributed by atoms with Crippen molar-refractivity contribution in [3.8, 4) is 0 Å². The molecule has 0 amide bonds. The molecule has 35 heavy (non-hydrogen) atoms. The predicted molar refractivity (Wildman–Crippen MR) is 138 cm³/mol. The number of rotatable bonds is 5. The molecule has 0 spiro atoms. The fourth-order valence-electron chi connectivity index (χ4n) is 5.44. The fourth-order valence-corrected chi connectivity index (χ4v) is 5.44. The smallest absolute Gasteiger partial charge is 0.342 e. The SMILES string of the molecule is CCn1c(C)c(C2(N(c3ccccc3)c3ccccc3)OC(=O)c3cccnc32)c2ccccc21. The predicted octanol–water partition coefficient (Wildman–Crippen LogP) is 6.57. The van der Waals surface area contributed by atoms with Crippen LogP contribution in [0.5, 0.6) is 0 Å². The summed E-state index contributed by atoms with van der Waals surface area (Å²) >= 11 is 0. The highest BCUT2D eigenvalue weighted by Crippen LogP contribution is 2.52. The third kappa shape index (κ3) is 3.01. The highest BCUT2D eigenvalue weighted by Gasteiger charge is 2.56. The summed E-state index contributed by atoms with van der Waals surface area (Å²) in [7, 11) is 0. The van der Waals surface area contributed by atoms with Crippen LogP contribution in [0.1, 0.15) is 34.2 Å². The van der Waals surface area contributed by atoms with Gasteiger partial charge in [-0.15, -0.1) is 0 Å². The Morgan fingerprint density at radius 1 is 0.857 bits per heavy atom. The molecule has 2 aromatic heterocycles. The van der Waals surface area contributed by atoms with Crippen LogP contribution in [0.2, 0.25) is 0 Å². The minimum Gasteiger partial charge on any atom is -0.424 e. The molecular weight excluding hydrogens is 434 g/mol. The third-order valence-corrected chi connectivity index (χ3v) is 6.82. The molecule has 5 aromatic rings. The van der Waals surface area contributed by atoms with Crippen LogP contribution >= 0.6 is 0 Å². The molecule has 3 heterocycles. The summed E-state index contributed by atoms with van der Waals surface area (Å²) in [6.45, 7) is 5.03. The van der Waals surface area contributed by atoms with Gasteiger partial charge in [0.25, 0.3) is 5.72 Å². The van der Waals surface area contributed by atoms with Crippen LogP contribution in [0.4, 0.5) is 11.4 Å². The van der Waals surface area contributed by atoms with Gasteiger partial charge in [0.15, 0.2) is 0 Å². The second-order valence-electron chi connectivity index (χ2n) is 8.66. The number of aryl methyl sites for hydroxylation is 1. The van der Waals surface area contributed by atoms with E-state index in [2.05, 4.69) is 35.4 Å².